The Morgan fingerprint density at radius 1 is 1.02 bits per heavy atom. The number of carboxylic acids is 1. The number of carboxylic acid groups (broad SMARTS) is 1. The minimum atomic E-state index is -3.77. The van der Waals surface area contributed by atoms with Crippen LogP contribution in [0.4, 0.5) is 5.69 Å². The van der Waals surface area contributed by atoms with E-state index in [1.54, 1.807) is 52.0 Å². The SMILES string of the molecule is COc1ccc(-c2cc(C)c(C(=O)N[C@H](COS(C)(=O)=O)C(C)(C)C)cc2C(=O)O)c(C(=O)Nc2ccc(C(=N)N)cc2)n1. The monoisotopic (exact) mass is 625 g/mol. The summed E-state index contributed by atoms with van der Waals surface area (Å²) in [6.07, 6.45) is 0.906. The Kier molecular flexibility index (Phi) is 10.1. The van der Waals surface area contributed by atoms with Gasteiger partial charge in [-0.1, -0.05) is 20.8 Å². The van der Waals surface area contributed by atoms with Crippen LogP contribution in [0.15, 0.2) is 48.5 Å². The molecule has 0 aliphatic carbocycles. The zero-order valence-corrected chi connectivity index (χ0v) is 26.0. The fourth-order valence-corrected chi connectivity index (χ4v) is 4.54. The van der Waals surface area contributed by atoms with Gasteiger partial charge in [0.15, 0.2) is 0 Å². The fraction of sp³-hybridized carbons (Fsp3) is 0.300. The average molecular weight is 626 g/mol. The number of carbonyl (C=O) groups excluding carboxylic acids is 2. The number of amides is 2. The highest BCUT2D eigenvalue weighted by Crippen LogP contribution is 2.32. The third-order valence-corrected chi connectivity index (χ3v) is 7.24. The normalized spacial score (nSPS) is 12.2. The predicted octanol–water partition coefficient (Wildman–Crippen LogP) is 3.42. The zero-order chi connectivity index (χ0) is 33.0. The van der Waals surface area contributed by atoms with Crippen molar-refractivity contribution in [2.75, 3.05) is 25.3 Å². The largest absolute Gasteiger partial charge is 0.481 e. The number of hydrogen-bond donors (Lipinski definition) is 5. The summed E-state index contributed by atoms with van der Waals surface area (Å²) in [5, 5.41) is 23.1. The first-order valence-electron chi connectivity index (χ1n) is 13.3. The van der Waals surface area contributed by atoms with Crippen LogP contribution in [-0.4, -0.2) is 68.1 Å². The molecule has 0 aliphatic rings. The lowest BCUT2D eigenvalue weighted by atomic mass is 9.86. The molecular formula is C30H35N5O8S. The summed E-state index contributed by atoms with van der Waals surface area (Å²) in [5.74, 6) is -2.68. The van der Waals surface area contributed by atoms with Crippen molar-refractivity contribution in [2.45, 2.75) is 33.7 Å². The highest BCUT2D eigenvalue weighted by atomic mass is 32.2. The number of methoxy groups -OCH3 is 1. The van der Waals surface area contributed by atoms with Crippen molar-refractivity contribution < 1.29 is 36.8 Å². The second-order valence-corrected chi connectivity index (χ2v) is 12.7. The summed E-state index contributed by atoms with van der Waals surface area (Å²) < 4.78 is 33.3. The first-order chi connectivity index (χ1) is 20.4. The zero-order valence-electron chi connectivity index (χ0n) is 25.1. The molecule has 0 aliphatic heterocycles. The Labute approximate surface area is 255 Å². The van der Waals surface area contributed by atoms with Gasteiger partial charge in [-0.2, -0.15) is 8.42 Å². The number of nitrogen functional groups attached to an aromatic ring is 1. The van der Waals surface area contributed by atoms with Gasteiger partial charge in [-0.05, 0) is 65.9 Å². The Hall–Kier alpha value is -4.82. The highest BCUT2D eigenvalue weighted by Gasteiger charge is 2.30. The van der Waals surface area contributed by atoms with Crippen molar-refractivity contribution in [3.05, 3.63) is 76.5 Å². The summed E-state index contributed by atoms with van der Waals surface area (Å²) in [6.45, 7) is 6.68. The third kappa shape index (κ3) is 8.39. The van der Waals surface area contributed by atoms with Gasteiger partial charge in [0.05, 0.1) is 31.6 Å². The van der Waals surface area contributed by atoms with Crippen molar-refractivity contribution in [2.24, 2.45) is 11.1 Å². The van der Waals surface area contributed by atoms with E-state index in [0.717, 1.165) is 6.26 Å². The molecule has 3 aromatic rings. The third-order valence-electron chi connectivity index (χ3n) is 6.68. The van der Waals surface area contributed by atoms with Crippen molar-refractivity contribution in [3.8, 4) is 17.0 Å². The minimum Gasteiger partial charge on any atom is -0.481 e. The number of benzene rings is 2. The molecule has 0 saturated carbocycles. The molecule has 2 aromatic carbocycles. The predicted molar refractivity (Wildman–Crippen MR) is 165 cm³/mol. The molecule has 1 heterocycles. The van der Waals surface area contributed by atoms with Crippen molar-refractivity contribution in [1.82, 2.24) is 10.3 Å². The van der Waals surface area contributed by atoms with E-state index in [4.69, 9.17) is 20.1 Å². The van der Waals surface area contributed by atoms with Crippen LogP contribution >= 0.6 is 0 Å². The van der Waals surface area contributed by atoms with Gasteiger partial charge in [0, 0.05) is 28.4 Å². The van der Waals surface area contributed by atoms with Gasteiger partial charge in [-0.25, -0.2) is 9.78 Å². The Morgan fingerprint density at radius 3 is 2.18 bits per heavy atom. The van der Waals surface area contributed by atoms with Gasteiger partial charge >= 0.3 is 5.97 Å². The molecule has 0 bridgehead atoms. The Balaban J connectivity index is 2.05. The molecule has 13 nitrogen and oxygen atoms in total. The second kappa shape index (κ2) is 13.2. The number of amidine groups is 1. The minimum absolute atomic E-state index is 0.0396. The summed E-state index contributed by atoms with van der Waals surface area (Å²) in [6, 6.07) is 11.1. The molecule has 44 heavy (non-hydrogen) atoms. The van der Waals surface area contributed by atoms with E-state index in [2.05, 4.69) is 15.6 Å². The molecule has 0 spiro atoms. The van der Waals surface area contributed by atoms with E-state index >= 15 is 0 Å². The molecule has 1 aromatic heterocycles. The molecule has 2 amide bonds. The molecule has 0 saturated heterocycles. The van der Waals surface area contributed by atoms with Crippen molar-refractivity contribution in [1.29, 1.82) is 5.41 Å². The lowest BCUT2D eigenvalue weighted by molar-refractivity contribution is 0.0697. The van der Waals surface area contributed by atoms with Crippen LogP contribution in [0, 0.1) is 17.7 Å². The summed E-state index contributed by atoms with van der Waals surface area (Å²) in [7, 11) is -2.40. The number of hydrogen-bond acceptors (Lipinski definition) is 9. The number of aromatic carboxylic acids is 1. The van der Waals surface area contributed by atoms with E-state index in [-0.39, 0.29) is 46.3 Å². The molecular weight excluding hydrogens is 590 g/mol. The van der Waals surface area contributed by atoms with Gasteiger partial charge < -0.3 is 26.2 Å². The lowest BCUT2D eigenvalue weighted by Crippen LogP contribution is -2.47. The highest BCUT2D eigenvalue weighted by molar-refractivity contribution is 7.85. The average Bonchev–Trinajstić information content (AvgIpc) is 2.93. The van der Waals surface area contributed by atoms with Crippen LogP contribution in [0.25, 0.3) is 11.1 Å². The van der Waals surface area contributed by atoms with Gasteiger partial charge in [0.25, 0.3) is 21.9 Å². The Morgan fingerprint density at radius 2 is 1.66 bits per heavy atom. The fourth-order valence-electron chi connectivity index (χ4n) is 4.16. The molecule has 0 unspecified atom stereocenters. The van der Waals surface area contributed by atoms with Crippen molar-refractivity contribution in [3.63, 3.8) is 0 Å². The maximum Gasteiger partial charge on any atom is 0.336 e. The summed E-state index contributed by atoms with van der Waals surface area (Å²) in [4.78, 5) is 43.5. The number of aromatic nitrogens is 1. The maximum atomic E-state index is 13.4. The standard InChI is InChI=1S/C30H35N5O8S/c1-16-13-21(22(29(38)39)14-20(16)27(36)34-23(30(2,3)4)15-43-44(6,40)41)19-11-12-24(42-5)35-25(19)28(37)33-18-9-7-17(8-10-18)26(31)32/h7-14,23H,15H2,1-6H3,(H3,31,32)(H,33,37)(H,34,36)(H,38,39)/t23-/m1/s1. The molecule has 0 radical (unpaired) electrons. The van der Waals surface area contributed by atoms with E-state index in [1.807, 2.05) is 0 Å². The maximum absolute atomic E-state index is 13.4. The van der Waals surface area contributed by atoms with E-state index in [0.29, 0.717) is 16.8 Å². The lowest BCUT2D eigenvalue weighted by Gasteiger charge is -2.31. The number of nitrogens with zero attached hydrogens (tertiary/aromatic N) is 1. The number of carbonyl (C=O) groups is 3. The number of ether oxygens (including phenoxy) is 1. The van der Waals surface area contributed by atoms with Gasteiger partial charge in [-0.3, -0.25) is 19.2 Å². The van der Waals surface area contributed by atoms with Gasteiger partial charge in [-0.15, -0.1) is 0 Å². The van der Waals surface area contributed by atoms with Crippen LogP contribution in [0.2, 0.25) is 0 Å². The number of aryl methyl sites for hydroxylation is 1. The Bertz CT molecular complexity index is 1710. The molecule has 0 fully saturated rings. The van der Waals surface area contributed by atoms with E-state index < -0.39 is 39.4 Å². The van der Waals surface area contributed by atoms with Crippen LogP contribution in [0.5, 0.6) is 5.88 Å². The summed E-state index contributed by atoms with van der Waals surface area (Å²) >= 11 is 0. The van der Waals surface area contributed by atoms with E-state index in [9.17, 15) is 27.9 Å². The van der Waals surface area contributed by atoms with Gasteiger partial charge in [0.2, 0.25) is 5.88 Å². The van der Waals surface area contributed by atoms with Crippen molar-refractivity contribution >= 4 is 39.4 Å². The second-order valence-electron chi connectivity index (χ2n) is 11.1. The number of rotatable bonds is 11. The molecule has 14 heteroatoms. The van der Waals surface area contributed by atoms with Crippen LogP contribution < -0.4 is 21.1 Å². The van der Waals surface area contributed by atoms with Crippen LogP contribution in [0.3, 0.4) is 0 Å². The number of nitrogens with two attached hydrogens (primary N) is 1. The molecule has 3 rings (SSSR count). The van der Waals surface area contributed by atoms with Crippen LogP contribution in [-0.2, 0) is 14.3 Å². The molecule has 234 valence electrons. The number of pyridine rings is 1. The smallest absolute Gasteiger partial charge is 0.336 e. The van der Waals surface area contributed by atoms with Crippen LogP contribution in [0.1, 0.15) is 63.1 Å². The first-order valence-corrected chi connectivity index (χ1v) is 15.1. The van der Waals surface area contributed by atoms with E-state index in [1.165, 1.54) is 31.4 Å². The quantitative estimate of drug-likeness (QED) is 0.119. The first kappa shape index (κ1) is 33.7. The van der Waals surface area contributed by atoms with Gasteiger partial charge in [0.1, 0.15) is 11.5 Å². The number of nitrogens with one attached hydrogen (secondary N) is 3. The number of anilines is 1. The topological polar surface area (TPSA) is 211 Å². The molecule has 1 atom stereocenters. The molecule has 6 N–H and O–H groups in total. The summed E-state index contributed by atoms with van der Waals surface area (Å²) in [5.41, 5.74) is 6.06.